The first-order valence-electron chi connectivity index (χ1n) is 10.4. The number of carbonyl (C=O) groups excluding carboxylic acids is 1. The summed E-state index contributed by atoms with van der Waals surface area (Å²) in [4.78, 5) is 22.1. The van der Waals surface area contributed by atoms with Crippen LogP contribution in [-0.2, 0) is 13.1 Å². The van der Waals surface area contributed by atoms with E-state index >= 15 is 0 Å². The van der Waals surface area contributed by atoms with Crippen molar-refractivity contribution in [2.24, 2.45) is 0 Å². The number of carbonyl (C=O) groups is 1. The Morgan fingerprint density at radius 3 is 2.63 bits per heavy atom. The molecule has 4 rings (SSSR count). The molecule has 2 aliphatic heterocycles. The van der Waals surface area contributed by atoms with Crippen LogP contribution in [0.25, 0.3) is 0 Å². The Morgan fingerprint density at radius 1 is 1.11 bits per heavy atom. The molecule has 1 amide bonds. The molecule has 0 spiro atoms. The minimum absolute atomic E-state index is 0.155. The smallest absolute Gasteiger partial charge is 0.253 e. The second-order valence-corrected chi connectivity index (χ2v) is 7.84. The molecular weight excluding hydrogens is 336 g/mol. The lowest BCUT2D eigenvalue weighted by Crippen LogP contribution is -2.39. The third-order valence-electron chi connectivity index (χ3n) is 5.97. The van der Waals surface area contributed by atoms with Crippen molar-refractivity contribution in [2.75, 3.05) is 26.2 Å². The Morgan fingerprint density at radius 2 is 1.89 bits per heavy atom. The third kappa shape index (κ3) is 4.08. The third-order valence-corrected chi connectivity index (χ3v) is 5.97. The van der Waals surface area contributed by atoms with Gasteiger partial charge < -0.3 is 9.47 Å². The van der Waals surface area contributed by atoms with E-state index in [-0.39, 0.29) is 5.91 Å². The summed E-state index contributed by atoms with van der Waals surface area (Å²) in [6.07, 6.45) is 8.68. The van der Waals surface area contributed by atoms with Crippen LogP contribution in [0.15, 0.2) is 36.7 Å². The Labute approximate surface area is 162 Å². The van der Waals surface area contributed by atoms with Gasteiger partial charge >= 0.3 is 0 Å². The molecule has 2 aliphatic rings. The SMILES string of the molecule is CCn1ccnc1C1CCCN(C(=O)c2ccc(CN3CCCC3)cc2)C1. The maximum absolute atomic E-state index is 13.0. The van der Waals surface area contributed by atoms with Crippen LogP contribution < -0.4 is 0 Å². The number of amides is 1. The Kier molecular flexibility index (Phi) is 5.58. The van der Waals surface area contributed by atoms with E-state index in [4.69, 9.17) is 0 Å². The van der Waals surface area contributed by atoms with Crippen molar-refractivity contribution in [2.45, 2.75) is 51.6 Å². The minimum atomic E-state index is 0.155. The lowest BCUT2D eigenvalue weighted by atomic mass is 9.96. The lowest BCUT2D eigenvalue weighted by Gasteiger charge is -2.32. The zero-order valence-electron chi connectivity index (χ0n) is 16.3. The van der Waals surface area contributed by atoms with Crippen LogP contribution in [0, 0.1) is 0 Å². The van der Waals surface area contributed by atoms with E-state index in [1.54, 1.807) is 0 Å². The fourth-order valence-corrected chi connectivity index (χ4v) is 4.45. The van der Waals surface area contributed by atoms with Gasteiger partial charge in [0.1, 0.15) is 5.82 Å². The number of hydrogen-bond acceptors (Lipinski definition) is 3. The van der Waals surface area contributed by atoms with Crippen LogP contribution >= 0.6 is 0 Å². The fraction of sp³-hybridized carbons (Fsp3) is 0.545. The highest BCUT2D eigenvalue weighted by atomic mass is 16.2. The Hall–Kier alpha value is -2.14. The second kappa shape index (κ2) is 8.26. The van der Waals surface area contributed by atoms with Gasteiger partial charge in [0, 0.05) is 50.1 Å². The zero-order valence-corrected chi connectivity index (χ0v) is 16.3. The van der Waals surface area contributed by atoms with E-state index in [1.165, 1.54) is 31.5 Å². The van der Waals surface area contributed by atoms with Gasteiger partial charge in [-0.2, -0.15) is 0 Å². The topological polar surface area (TPSA) is 41.4 Å². The van der Waals surface area contributed by atoms with Gasteiger partial charge in [0.15, 0.2) is 0 Å². The van der Waals surface area contributed by atoms with Gasteiger partial charge in [0.25, 0.3) is 5.91 Å². The summed E-state index contributed by atoms with van der Waals surface area (Å²) in [5.41, 5.74) is 2.11. The van der Waals surface area contributed by atoms with Crippen LogP contribution in [0.5, 0.6) is 0 Å². The number of imidazole rings is 1. The van der Waals surface area contributed by atoms with Gasteiger partial charge in [-0.05, 0) is 63.4 Å². The summed E-state index contributed by atoms with van der Waals surface area (Å²) in [6, 6.07) is 8.25. The molecule has 0 radical (unpaired) electrons. The molecular formula is C22H30N4O. The lowest BCUT2D eigenvalue weighted by molar-refractivity contribution is 0.0703. The predicted molar refractivity (Wildman–Crippen MR) is 107 cm³/mol. The molecule has 1 atom stereocenters. The zero-order chi connectivity index (χ0) is 18.6. The minimum Gasteiger partial charge on any atom is -0.338 e. The molecule has 2 saturated heterocycles. The van der Waals surface area contributed by atoms with E-state index in [0.717, 1.165) is 50.4 Å². The predicted octanol–water partition coefficient (Wildman–Crippen LogP) is 3.52. The molecule has 0 aliphatic carbocycles. The molecule has 27 heavy (non-hydrogen) atoms. The molecule has 0 saturated carbocycles. The second-order valence-electron chi connectivity index (χ2n) is 7.84. The summed E-state index contributed by atoms with van der Waals surface area (Å²) < 4.78 is 2.20. The van der Waals surface area contributed by atoms with Crippen molar-refractivity contribution in [1.82, 2.24) is 19.4 Å². The van der Waals surface area contributed by atoms with E-state index < -0.39 is 0 Å². The monoisotopic (exact) mass is 366 g/mol. The quantitative estimate of drug-likeness (QED) is 0.813. The molecule has 1 unspecified atom stereocenters. The van der Waals surface area contributed by atoms with Gasteiger partial charge in [-0.1, -0.05) is 12.1 Å². The number of hydrogen-bond donors (Lipinski definition) is 0. The molecule has 2 aromatic rings. The standard InChI is InChI=1S/C22H30N4O/c1-2-25-15-11-23-21(25)20-6-5-14-26(17-20)22(27)19-9-7-18(8-10-19)16-24-12-3-4-13-24/h7-11,15,20H,2-6,12-14,16-17H2,1H3. The Bertz CT molecular complexity index is 761. The van der Waals surface area contributed by atoms with Crippen LogP contribution in [0.3, 0.4) is 0 Å². The first-order valence-corrected chi connectivity index (χ1v) is 10.4. The largest absolute Gasteiger partial charge is 0.338 e. The summed E-state index contributed by atoms with van der Waals surface area (Å²) in [6.45, 7) is 8.08. The number of piperidine rings is 1. The van der Waals surface area contributed by atoms with Crippen molar-refractivity contribution in [3.63, 3.8) is 0 Å². The van der Waals surface area contributed by atoms with Crippen LogP contribution in [-0.4, -0.2) is 51.4 Å². The van der Waals surface area contributed by atoms with Gasteiger partial charge in [-0.15, -0.1) is 0 Å². The van der Waals surface area contributed by atoms with Crippen molar-refractivity contribution in [3.05, 3.63) is 53.6 Å². The molecule has 5 heteroatoms. The molecule has 1 aromatic carbocycles. The summed E-state index contributed by atoms with van der Waals surface area (Å²) in [7, 11) is 0. The highest BCUT2D eigenvalue weighted by Crippen LogP contribution is 2.27. The first kappa shape index (κ1) is 18.2. The molecule has 0 bridgehead atoms. The normalized spacial score (nSPS) is 20.9. The van der Waals surface area contributed by atoms with Gasteiger partial charge in [-0.25, -0.2) is 4.98 Å². The fourth-order valence-electron chi connectivity index (χ4n) is 4.45. The van der Waals surface area contributed by atoms with E-state index in [0.29, 0.717) is 5.92 Å². The van der Waals surface area contributed by atoms with Crippen LogP contribution in [0.2, 0.25) is 0 Å². The summed E-state index contributed by atoms with van der Waals surface area (Å²) in [5, 5.41) is 0. The number of likely N-dealkylation sites (tertiary alicyclic amines) is 2. The average Bonchev–Trinajstić information content (AvgIpc) is 3.40. The highest BCUT2D eigenvalue weighted by molar-refractivity contribution is 5.94. The summed E-state index contributed by atoms with van der Waals surface area (Å²) >= 11 is 0. The summed E-state index contributed by atoms with van der Waals surface area (Å²) in [5.74, 6) is 1.62. The molecule has 5 nitrogen and oxygen atoms in total. The average molecular weight is 367 g/mol. The highest BCUT2D eigenvalue weighted by Gasteiger charge is 2.27. The Balaban J connectivity index is 1.41. The van der Waals surface area contributed by atoms with Gasteiger partial charge in [0.05, 0.1) is 0 Å². The van der Waals surface area contributed by atoms with E-state index in [2.05, 4.69) is 33.5 Å². The molecule has 2 fully saturated rings. The number of rotatable bonds is 5. The van der Waals surface area contributed by atoms with Crippen molar-refractivity contribution in [1.29, 1.82) is 0 Å². The number of aromatic nitrogens is 2. The van der Waals surface area contributed by atoms with E-state index in [9.17, 15) is 4.79 Å². The molecule has 1 aromatic heterocycles. The van der Waals surface area contributed by atoms with Crippen molar-refractivity contribution in [3.8, 4) is 0 Å². The molecule has 0 N–H and O–H groups in total. The number of benzene rings is 1. The van der Waals surface area contributed by atoms with Crippen LogP contribution in [0.4, 0.5) is 0 Å². The molecule has 144 valence electrons. The maximum Gasteiger partial charge on any atom is 0.253 e. The van der Waals surface area contributed by atoms with Crippen molar-refractivity contribution < 1.29 is 4.79 Å². The molecule has 3 heterocycles. The van der Waals surface area contributed by atoms with Crippen LogP contribution in [0.1, 0.15) is 60.3 Å². The maximum atomic E-state index is 13.0. The van der Waals surface area contributed by atoms with E-state index in [1.807, 2.05) is 29.4 Å². The van der Waals surface area contributed by atoms with Gasteiger partial charge in [0.2, 0.25) is 0 Å². The van der Waals surface area contributed by atoms with Crippen molar-refractivity contribution >= 4 is 5.91 Å². The number of nitrogens with zero attached hydrogens (tertiary/aromatic N) is 4. The first-order chi connectivity index (χ1) is 13.2. The number of aryl methyl sites for hydroxylation is 1. The van der Waals surface area contributed by atoms with Gasteiger partial charge in [-0.3, -0.25) is 9.69 Å².